The number of hydrogen-bond donors (Lipinski definition) is 2. The van der Waals surface area contributed by atoms with Crippen molar-refractivity contribution in [2.45, 2.75) is 38.1 Å². The Kier molecular flexibility index (Phi) is 4.54. The molecule has 6 nitrogen and oxygen atoms in total. The van der Waals surface area contributed by atoms with E-state index in [-0.39, 0.29) is 11.2 Å². The lowest BCUT2D eigenvalue weighted by atomic mass is 9.73. The fourth-order valence-corrected chi connectivity index (χ4v) is 2.82. The lowest BCUT2D eigenvalue weighted by molar-refractivity contribution is 0.0592. The molecular weight excluding hydrogens is 256 g/mol. The molecule has 2 unspecified atom stereocenters. The maximum atomic E-state index is 11.3. The van der Waals surface area contributed by atoms with Gasteiger partial charge in [0, 0.05) is 6.54 Å². The van der Waals surface area contributed by atoms with Crippen molar-refractivity contribution >= 4 is 11.8 Å². The molecule has 1 aromatic heterocycles. The summed E-state index contributed by atoms with van der Waals surface area (Å²) < 4.78 is 4.60. The average molecular weight is 278 g/mol. The Hall–Kier alpha value is -1.69. The van der Waals surface area contributed by atoms with E-state index in [9.17, 15) is 4.79 Å². The van der Waals surface area contributed by atoms with Crippen LogP contribution >= 0.6 is 0 Å². The number of anilines is 1. The van der Waals surface area contributed by atoms with Crippen LogP contribution in [0.3, 0.4) is 0 Å². The zero-order valence-electron chi connectivity index (χ0n) is 12.1. The minimum atomic E-state index is -0.483. The van der Waals surface area contributed by atoms with Gasteiger partial charge in [0.2, 0.25) is 0 Å². The molecule has 0 radical (unpaired) electrons. The van der Waals surface area contributed by atoms with Crippen molar-refractivity contribution in [1.82, 2.24) is 10.2 Å². The lowest BCUT2D eigenvalue weighted by Gasteiger charge is -2.42. The normalized spacial score (nSPS) is 26.1. The highest BCUT2D eigenvalue weighted by Crippen LogP contribution is 2.35. The number of nitrogens with zero attached hydrogens (tertiary/aromatic N) is 2. The van der Waals surface area contributed by atoms with Crippen LogP contribution in [-0.4, -0.2) is 35.4 Å². The van der Waals surface area contributed by atoms with E-state index in [4.69, 9.17) is 5.73 Å². The third-order valence-corrected chi connectivity index (χ3v) is 4.25. The lowest BCUT2D eigenvalue weighted by Crippen LogP contribution is -2.52. The van der Waals surface area contributed by atoms with E-state index in [0.29, 0.717) is 18.3 Å². The Morgan fingerprint density at radius 2 is 2.30 bits per heavy atom. The third kappa shape index (κ3) is 2.90. The number of carbonyl (C=O) groups excluding carboxylic acids is 1. The van der Waals surface area contributed by atoms with Crippen LogP contribution in [0.15, 0.2) is 12.1 Å². The number of methoxy groups -OCH3 is 1. The Balaban J connectivity index is 2.13. The Labute approximate surface area is 119 Å². The standard InChI is InChI=1S/C14H22N4O2/c1-10-5-3-4-8-14(10,9-15)16-12-7-6-11(17-18-12)13(19)20-2/h6-7,10H,3-5,8-9,15H2,1-2H3,(H,16,18). The molecule has 1 aliphatic rings. The first-order chi connectivity index (χ1) is 9.61. The predicted molar refractivity (Wildman–Crippen MR) is 76.4 cm³/mol. The van der Waals surface area contributed by atoms with Gasteiger partial charge in [-0.15, -0.1) is 10.2 Å². The van der Waals surface area contributed by atoms with Crippen LogP contribution in [0.25, 0.3) is 0 Å². The van der Waals surface area contributed by atoms with Crippen LogP contribution in [0.2, 0.25) is 0 Å². The Morgan fingerprint density at radius 1 is 1.50 bits per heavy atom. The number of carbonyl (C=O) groups is 1. The second-order valence-corrected chi connectivity index (χ2v) is 5.43. The maximum absolute atomic E-state index is 11.3. The van der Waals surface area contributed by atoms with E-state index < -0.39 is 5.97 Å². The molecule has 6 heteroatoms. The molecule has 20 heavy (non-hydrogen) atoms. The van der Waals surface area contributed by atoms with Crippen LogP contribution in [0.5, 0.6) is 0 Å². The number of esters is 1. The highest BCUT2D eigenvalue weighted by Gasteiger charge is 2.37. The number of nitrogens with two attached hydrogens (primary N) is 1. The largest absolute Gasteiger partial charge is 0.464 e. The summed E-state index contributed by atoms with van der Waals surface area (Å²) >= 11 is 0. The fraction of sp³-hybridized carbons (Fsp3) is 0.643. The van der Waals surface area contributed by atoms with E-state index in [1.165, 1.54) is 20.0 Å². The van der Waals surface area contributed by atoms with Gasteiger partial charge in [-0.05, 0) is 30.9 Å². The van der Waals surface area contributed by atoms with Crippen molar-refractivity contribution in [2.75, 3.05) is 19.0 Å². The van der Waals surface area contributed by atoms with E-state index in [1.54, 1.807) is 12.1 Å². The quantitative estimate of drug-likeness (QED) is 0.813. The highest BCUT2D eigenvalue weighted by atomic mass is 16.5. The summed E-state index contributed by atoms with van der Waals surface area (Å²) in [6, 6.07) is 3.36. The molecule has 1 aromatic rings. The predicted octanol–water partition coefficient (Wildman–Crippen LogP) is 1.58. The molecule has 0 spiro atoms. The molecule has 1 heterocycles. The van der Waals surface area contributed by atoms with Gasteiger partial charge in [-0.1, -0.05) is 19.8 Å². The van der Waals surface area contributed by atoms with Gasteiger partial charge in [0.1, 0.15) is 5.82 Å². The zero-order valence-corrected chi connectivity index (χ0v) is 12.1. The van der Waals surface area contributed by atoms with Crippen molar-refractivity contribution in [2.24, 2.45) is 11.7 Å². The molecule has 2 atom stereocenters. The maximum Gasteiger partial charge on any atom is 0.358 e. The molecule has 0 bridgehead atoms. The monoisotopic (exact) mass is 278 g/mol. The second kappa shape index (κ2) is 6.17. The van der Waals surface area contributed by atoms with Gasteiger partial charge in [0.25, 0.3) is 0 Å². The average Bonchev–Trinajstić information content (AvgIpc) is 2.49. The summed E-state index contributed by atoms with van der Waals surface area (Å²) in [6.07, 6.45) is 4.61. The molecule has 0 aromatic carbocycles. The molecule has 3 N–H and O–H groups in total. The van der Waals surface area contributed by atoms with Crippen molar-refractivity contribution in [3.8, 4) is 0 Å². The number of nitrogens with one attached hydrogen (secondary N) is 1. The molecule has 2 rings (SSSR count). The second-order valence-electron chi connectivity index (χ2n) is 5.43. The Morgan fingerprint density at radius 3 is 2.85 bits per heavy atom. The van der Waals surface area contributed by atoms with Crippen molar-refractivity contribution in [1.29, 1.82) is 0 Å². The summed E-state index contributed by atoms with van der Waals surface area (Å²) in [5.41, 5.74) is 6.07. The minimum absolute atomic E-state index is 0.125. The molecular formula is C14H22N4O2. The number of hydrogen-bond acceptors (Lipinski definition) is 6. The fourth-order valence-electron chi connectivity index (χ4n) is 2.82. The van der Waals surface area contributed by atoms with Gasteiger partial charge in [-0.2, -0.15) is 0 Å². The summed E-state index contributed by atoms with van der Waals surface area (Å²) in [5, 5.41) is 11.4. The van der Waals surface area contributed by atoms with Gasteiger partial charge in [0.05, 0.1) is 12.6 Å². The topological polar surface area (TPSA) is 90.1 Å². The zero-order chi connectivity index (χ0) is 14.6. The molecule has 0 aliphatic heterocycles. The first-order valence-corrected chi connectivity index (χ1v) is 7.01. The molecule has 0 amide bonds. The first-order valence-electron chi connectivity index (χ1n) is 7.01. The van der Waals surface area contributed by atoms with Gasteiger partial charge in [-0.25, -0.2) is 4.79 Å². The van der Waals surface area contributed by atoms with Gasteiger partial charge < -0.3 is 15.8 Å². The van der Waals surface area contributed by atoms with Crippen LogP contribution < -0.4 is 11.1 Å². The van der Waals surface area contributed by atoms with Crippen molar-refractivity contribution < 1.29 is 9.53 Å². The van der Waals surface area contributed by atoms with E-state index in [1.807, 2.05) is 0 Å². The SMILES string of the molecule is COC(=O)c1ccc(NC2(CN)CCCCC2C)nn1. The summed E-state index contributed by atoms with van der Waals surface area (Å²) in [6.45, 7) is 2.78. The number of aromatic nitrogens is 2. The molecule has 1 fully saturated rings. The van der Waals surface area contributed by atoms with Crippen molar-refractivity contribution in [3.05, 3.63) is 17.8 Å². The smallest absolute Gasteiger partial charge is 0.358 e. The van der Waals surface area contributed by atoms with E-state index in [2.05, 4.69) is 27.2 Å². The van der Waals surface area contributed by atoms with Crippen LogP contribution in [0, 0.1) is 5.92 Å². The molecule has 0 saturated heterocycles. The summed E-state index contributed by atoms with van der Waals surface area (Å²) in [7, 11) is 1.32. The molecule has 1 aliphatic carbocycles. The van der Waals surface area contributed by atoms with Crippen LogP contribution in [0.1, 0.15) is 43.1 Å². The third-order valence-electron chi connectivity index (χ3n) is 4.25. The van der Waals surface area contributed by atoms with Gasteiger partial charge in [0.15, 0.2) is 5.69 Å². The van der Waals surface area contributed by atoms with Crippen LogP contribution in [-0.2, 0) is 4.74 Å². The van der Waals surface area contributed by atoms with Crippen LogP contribution in [0.4, 0.5) is 5.82 Å². The number of ether oxygens (including phenoxy) is 1. The summed E-state index contributed by atoms with van der Waals surface area (Å²) in [5.74, 6) is 0.656. The molecule has 110 valence electrons. The number of rotatable bonds is 4. The highest BCUT2D eigenvalue weighted by molar-refractivity contribution is 5.86. The molecule has 1 saturated carbocycles. The first kappa shape index (κ1) is 14.7. The van der Waals surface area contributed by atoms with E-state index in [0.717, 1.165) is 12.8 Å². The Bertz CT molecular complexity index is 463. The van der Waals surface area contributed by atoms with E-state index >= 15 is 0 Å². The minimum Gasteiger partial charge on any atom is -0.464 e. The van der Waals surface area contributed by atoms with Crippen molar-refractivity contribution in [3.63, 3.8) is 0 Å². The van der Waals surface area contributed by atoms with Gasteiger partial charge in [-0.3, -0.25) is 0 Å². The van der Waals surface area contributed by atoms with Gasteiger partial charge >= 0.3 is 5.97 Å². The summed E-state index contributed by atoms with van der Waals surface area (Å²) in [4.78, 5) is 11.3.